The number of thiophene rings is 1. The zero-order valence-electron chi connectivity index (χ0n) is 12.0. The molecule has 0 aliphatic rings. The van der Waals surface area contributed by atoms with Crippen LogP contribution < -0.4 is 0 Å². The van der Waals surface area contributed by atoms with Gasteiger partial charge in [-0.15, -0.1) is 21.5 Å². The lowest BCUT2D eigenvalue weighted by molar-refractivity contribution is 0.464. The number of alkyl halides is 1. The summed E-state index contributed by atoms with van der Waals surface area (Å²) < 4.78 is 17.8. The van der Waals surface area contributed by atoms with Crippen LogP contribution in [0.2, 0.25) is 0 Å². The Hall–Kier alpha value is -1.99. The SMILES string of the molecule is FCCCSc1nnc(-c2cc3cc4ccccc4nc3s2)o1. The molecule has 0 fully saturated rings. The van der Waals surface area contributed by atoms with Gasteiger partial charge in [-0.05, 0) is 24.6 Å². The molecule has 0 aliphatic heterocycles. The summed E-state index contributed by atoms with van der Waals surface area (Å²) in [6.07, 6.45) is 0.488. The number of rotatable bonds is 5. The van der Waals surface area contributed by atoms with E-state index in [0.717, 1.165) is 26.0 Å². The summed E-state index contributed by atoms with van der Waals surface area (Å²) in [5.41, 5.74) is 0.974. The Labute approximate surface area is 139 Å². The number of aromatic nitrogens is 3. The molecule has 0 N–H and O–H groups in total. The van der Waals surface area contributed by atoms with Crippen LogP contribution in [0.5, 0.6) is 0 Å². The van der Waals surface area contributed by atoms with E-state index in [0.29, 0.717) is 23.3 Å². The number of hydrogen-bond acceptors (Lipinski definition) is 6. The lowest BCUT2D eigenvalue weighted by atomic mass is 10.2. The van der Waals surface area contributed by atoms with Crippen molar-refractivity contribution < 1.29 is 8.81 Å². The molecule has 0 saturated carbocycles. The molecule has 0 radical (unpaired) electrons. The number of para-hydroxylation sites is 1. The van der Waals surface area contributed by atoms with Crippen molar-refractivity contribution in [1.29, 1.82) is 0 Å². The van der Waals surface area contributed by atoms with E-state index in [1.165, 1.54) is 23.1 Å². The molecule has 0 unspecified atom stereocenters. The topological polar surface area (TPSA) is 51.8 Å². The van der Waals surface area contributed by atoms with Gasteiger partial charge >= 0.3 is 0 Å². The largest absolute Gasteiger partial charge is 0.410 e. The Morgan fingerprint density at radius 1 is 1.13 bits per heavy atom. The van der Waals surface area contributed by atoms with E-state index in [1.807, 2.05) is 30.3 Å². The molecule has 7 heteroatoms. The highest BCUT2D eigenvalue weighted by molar-refractivity contribution is 7.99. The smallest absolute Gasteiger partial charge is 0.276 e. The fraction of sp³-hybridized carbons (Fsp3) is 0.188. The molecule has 0 bridgehead atoms. The van der Waals surface area contributed by atoms with Crippen LogP contribution in [0.1, 0.15) is 6.42 Å². The van der Waals surface area contributed by atoms with Gasteiger partial charge in [-0.25, -0.2) is 4.98 Å². The zero-order chi connectivity index (χ0) is 15.6. The summed E-state index contributed by atoms with van der Waals surface area (Å²) in [5, 5.41) is 10.7. The maximum atomic E-state index is 12.1. The van der Waals surface area contributed by atoms with E-state index in [1.54, 1.807) is 0 Å². The number of nitrogens with zero attached hydrogens (tertiary/aromatic N) is 3. The number of hydrogen-bond donors (Lipinski definition) is 0. The minimum absolute atomic E-state index is 0.330. The molecule has 0 atom stereocenters. The second-order valence-electron chi connectivity index (χ2n) is 4.95. The van der Waals surface area contributed by atoms with E-state index in [2.05, 4.69) is 21.2 Å². The first-order valence-electron chi connectivity index (χ1n) is 7.15. The quantitative estimate of drug-likeness (QED) is 0.378. The molecular formula is C16H12FN3OS2. The molecule has 4 aromatic rings. The van der Waals surface area contributed by atoms with Crippen molar-refractivity contribution in [2.45, 2.75) is 11.6 Å². The zero-order valence-corrected chi connectivity index (χ0v) is 13.7. The highest BCUT2D eigenvalue weighted by Crippen LogP contribution is 2.34. The fourth-order valence-electron chi connectivity index (χ4n) is 2.26. The Kier molecular flexibility index (Phi) is 3.97. The van der Waals surface area contributed by atoms with Crippen molar-refractivity contribution >= 4 is 44.2 Å². The number of halogens is 1. The highest BCUT2D eigenvalue weighted by Gasteiger charge is 2.13. The molecule has 4 rings (SSSR count). The van der Waals surface area contributed by atoms with Crippen LogP contribution in [0.25, 0.3) is 31.9 Å². The summed E-state index contributed by atoms with van der Waals surface area (Å²) in [6.45, 7) is -0.330. The fourth-order valence-corrected chi connectivity index (χ4v) is 3.87. The maximum Gasteiger partial charge on any atom is 0.276 e. The molecule has 0 aliphatic carbocycles. The molecule has 0 saturated heterocycles. The van der Waals surface area contributed by atoms with Gasteiger partial charge in [-0.1, -0.05) is 30.0 Å². The average molecular weight is 345 g/mol. The van der Waals surface area contributed by atoms with Gasteiger partial charge in [-0.3, -0.25) is 4.39 Å². The molecule has 1 aromatic carbocycles. The summed E-state index contributed by atoms with van der Waals surface area (Å²) in [5.74, 6) is 1.12. The third-order valence-corrected chi connectivity index (χ3v) is 5.27. The number of benzene rings is 1. The molecule has 0 spiro atoms. The van der Waals surface area contributed by atoms with Gasteiger partial charge in [0.1, 0.15) is 4.83 Å². The van der Waals surface area contributed by atoms with E-state index in [4.69, 9.17) is 4.42 Å². The molecule has 4 nitrogen and oxygen atoms in total. The lowest BCUT2D eigenvalue weighted by Gasteiger charge is -1.95. The minimum atomic E-state index is -0.330. The normalized spacial score (nSPS) is 11.5. The Bertz CT molecular complexity index is 914. The summed E-state index contributed by atoms with van der Waals surface area (Å²) in [6, 6.07) is 12.2. The van der Waals surface area contributed by atoms with E-state index in [-0.39, 0.29) is 6.67 Å². The molecular weight excluding hydrogens is 333 g/mol. The van der Waals surface area contributed by atoms with Gasteiger partial charge in [0.25, 0.3) is 11.1 Å². The number of fused-ring (bicyclic) bond motifs is 2. The van der Waals surface area contributed by atoms with Crippen LogP contribution in [0.4, 0.5) is 4.39 Å². The van der Waals surface area contributed by atoms with Crippen molar-refractivity contribution in [1.82, 2.24) is 15.2 Å². The maximum absolute atomic E-state index is 12.1. The molecule has 0 amide bonds. The first-order valence-corrected chi connectivity index (χ1v) is 8.96. The van der Waals surface area contributed by atoms with Gasteiger partial charge in [0.2, 0.25) is 0 Å². The monoisotopic (exact) mass is 345 g/mol. The van der Waals surface area contributed by atoms with Crippen LogP contribution in [-0.2, 0) is 0 Å². The third kappa shape index (κ3) is 2.94. The summed E-state index contributed by atoms with van der Waals surface area (Å²) >= 11 is 2.91. The van der Waals surface area contributed by atoms with Crippen LogP contribution in [0.15, 0.2) is 46.0 Å². The van der Waals surface area contributed by atoms with Gasteiger partial charge in [0, 0.05) is 16.5 Å². The van der Waals surface area contributed by atoms with Gasteiger partial charge < -0.3 is 4.42 Å². The van der Waals surface area contributed by atoms with Crippen LogP contribution >= 0.6 is 23.1 Å². The first-order chi connectivity index (χ1) is 11.3. The summed E-state index contributed by atoms with van der Waals surface area (Å²) in [4.78, 5) is 6.52. The van der Waals surface area contributed by atoms with Gasteiger partial charge in [-0.2, -0.15) is 0 Å². The molecule has 116 valence electrons. The first kappa shape index (κ1) is 14.6. The van der Waals surface area contributed by atoms with Crippen molar-refractivity contribution in [3.05, 3.63) is 36.4 Å². The standard InChI is InChI=1S/C16H12FN3OS2/c17-6-3-7-22-16-20-19-14(21-16)13-9-11-8-10-4-1-2-5-12(10)18-15(11)23-13/h1-2,4-5,8-9H,3,6-7H2. The van der Waals surface area contributed by atoms with Gasteiger partial charge in [0.05, 0.1) is 17.1 Å². The van der Waals surface area contributed by atoms with Gasteiger partial charge in [0.15, 0.2) is 0 Å². The number of thioether (sulfide) groups is 1. The van der Waals surface area contributed by atoms with Crippen molar-refractivity contribution in [2.75, 3.05) is 12.4 Å². The highest BCUT2D eigenvalue weighted by atomic mass is 32.2. The predicted molar refractivity (Wildman–Crippen MR) is 91.7 cm³/mol. The average Bonchev–Trinajstić information content (AvgIpc) is 3.19. The lowest BCUT2D eigenvalue weighted by Crippen LogP contribution is -1.81. The Balaban J connectivity index is 1.67. The molecule has 3 aromatic heterocycles. The van der Waals surface area contributed by atoms with Crippen molar-refractivity contribution in [3.63, 3.8) is 0 Å². The second kappa shape index (κ2) is 6.25. The Morgan fingerprint density at radius 3 is 2.96 bits per heavy atom. The minimum Gasteiger partial charge on any atom is -0.410 e. The van der Waals surface area contributed by atoms with Crippen LogP contribution in [-0.4, -0.2) is 27.6 Å². The third-order valence-electron chi connectivity index (χ3n) is 3.33. The predicted octanol–water partition coefficient (Wildman–Crippen LogP) is 4.95. The van der Waals surface area contributed by atoms with Crippen LogP contribution in [0, 0.1) is 0 Å². The number of pyridine rings is 1. The van der Waals surface area contributed by atoms with E-state index in [9.17, 15) is 4.39 Å². The van der Waals surface area contributed by atoms with Crippen molar-refractivity contribution in [2.24, 2.45) is 0 Å². The molecule has 3 heterocycles. The molecule has 23 heavy (non-hydrogen) atoms. The Morgan fingerprint density at radius 2 is 2.04 bits per heavy atom. The van der Waals surface area contributed by atoms with Crippen LogP contribution in [0.3, 0.4) is 0 Å². The van der Waals surface area contributed by atoms with E-state index >= 15 is 0 Å². The van der Waals surface area contributed by atoms with E-state index < -0.39 is 0 Å². The summed E-state index contributed by atoms with van der Waals surface area (Å²) in [7, 11) is 0. The van der Waals surface area contributed by atoms with Crippen molar-refractivity contribution in [3.8, 4) is 10.8 Å². The second-order valence-corrected chi connectivity index (χ2v) is 7.03.